The monoisotopic (exact) mass is 579 g/mol. The second-order valence-electron chi connectivity index (χ2n) is 11.8. The van der Waals surface area contributed by atoms with Gasteiger partial charge in [-0.3, -0.25) is 4.79 Å². The van der Waals surface area contributed by atoms with E-state index >= 15 is 0 Å². The Morgan fingerprint density at radius 1 is 1.02 bits per heavy atom. The van der Waals surface area contributed by atoms with E-state index in [1.807, 2.05) is 45.0 Å². The van der Waals surface area contributed by atoms with Gasteiger partial charge in [0.25, 0.3) is 0 Å². The largest absolute Gasteiger partial charge is 0.478 e. The Morgan fingerprint density at radius 2 is 1.69 bits per heavy atom. The van der Waals surface area contributed by atoms with Crippen LogP contribution in [-0.4, -0.2) is 59.7 Å². The third-order valence-corrected chi connectivity index (χ3v) is 8.54. The summed E-state index contributed by atoms with van der Waals surface area (Å²) in [5.41, 5.74) is 2.27. The molecule has 2 atom stereocenters. The average molecular weight is 580 g/mol. The molecule has 0 saturated carbocycles. The quantitative estimate of drug-likeness (QED) is 0.165. The summed E-state index contributed by atoms with van der Waals surface area (Å²) >= 11 is 0. The van der Waals surface area contributed by atoms with Crippen LogP contribution in [0.3, 0.4) is 0 Å². The van der Waals surface area contributed by atoms with E-state index in [0.29, 0.717) is 30.6 Å². The van der Waals surface area contributed by atoms with Crippen molar-refractivity contribution in [2.75, 3.05) is 20.6 Å². The van der Waals surface area contributed by atoms with Crippen molar-refractivity contribution in [3.05, 3.63) is 64.7 Å². The number of ether oxygens (including phenoxy) is 1. The molecule has 1 fully saturated rings. The number of β-lactam (4-membered cyclic amide) rings is 1. The molecule has 3 rings (SSSR count). The molecule has 0 aliphatic carbocycles. The topological polar surface area (TPSA) is 99.2 Å². The van der Waals surface area contributed by atoms with Crippen LogP contribution in [0.1, 0.15) is 105 Å². The van der Waals surface area contributed by atoms with E-state index in [1.54, 1.807) is 18.2 Å². The average Bonchev–Trinajstić information content (AvgIpc) is 2.95. The van der Waals surface area contributed by atoms with Gasteiger partial charge in [0, 0.05) is 0 Å². The van der Waals surface area contributed by atoms with Crippen molar-refractivity contribution in [2.24, 2.45) is 5.41 Å². The van der Waals surface area contributed by atoms with E-state index in [1.165, 1.54) is 4.90 Å². The highest BCUT2D eigenvalue weighted by Crippen LogP contribution is 2.46. The fraction of sp³-hybridized carbons (Fsp3) is 0.559. The summed E-state index contributed by atoms with van der Waals surface area (Å²) in [4.78, 5) is 42.4. The molecule has 230 valence electrons. The number of carboxylic acid groups (broad SMARTS) is 1. The highest BCUT2D eigenvalue weighted by molar-refractivity contribution is 6.03. The number of carbonyl (C=O) groups excluding carboxylic acids is 2. The van der Waals surface area contributed by atoms with Crippen LogP contribution in [0.25, 0.3) is 0 Å². The number of aryl methyl sites for hydroxylation is 2. The molecule has 2 N–H and O–H groups in total. The molecule has 1 aliphatic rings. The Labute approximate surface area is 251 Å². The van der Waals surface area contributed by atoms with Gasteiger partial charge in [-0.2, -0.15) is 0 Å². The molecule has 0 aromatic heterocycles. The number of unbranched alkanes of at least 4 members (excludes halogenated alkanes) is 3. The number of rotatable bonds is 16. The van der Waals surface area contributed by atoms with E-state index in [9.17, 15) is 19.5 Å². The number of carboxylic acids is 1. The van der Waals surface area contributed by atoms with Gasteiger partial charge >= 0.3 is 12.0 Å². The zero-order valence-corrected chi connectivity index (χ0v) is 26.2. The lowest BCUT2D eigenvalue weighted by Crippen LogP contribution is -2.73. The van der Waals surface area contributed by atoms with Crippen LogP contribution in [0.2, 0.25) is 0 Å². The van der Waals surface area contributed by atoms with Crippen LogP contribution < -0.4 is 10.1 Å². The molecule has 0 bridgehead atoms. The molecule has 1 heterocycles. The van der Waals surface area contributed by atoms with Gasteiger partial charge in [-0.25, -0.2) is 14.5 Å². The predicted octanol–water partition coefficient (Wildman–Crippen LogP) is 6.96. The number of imide groups is 1. The van der Waals surface area contributed by atoms with Crippen LogP contribution in [0.4, 0.5) is 4.79 Å². The molecule has 0 spiro atoms. The number of carbonyl (C=O) groups is 3. The van der Waals surface area contributed by atoms with Gasteiger partial charge in [0.1, 0.15) is 11.2 Å². The van der Waals surface area contributed by atoms with Gasteiger partial charge in [0.15, 0.2) is 6.23 Å². The molecule has 1 saturated heterocycles. The smallest absolute Gasteiger partial charge is 0.335 e. The highest BCUT2D eigenvalue weighted by Gasteiger charge is 2.63. The first-order chi connectivity index (χ1) is 20.1. The van der Waals surface area contributed by atoms with Crippen molar-refractivity contribution in [1.82, 2.24) is 15.1 Å². The van der Waals surface area contributed by atoms with Gasteiger partial charge in [0.2, 0.25) is 5.91 Å². The summed E-state index contributed by atoms with van der Waals surface area (Å²) in [6.45, 7) is 9.00. The number of nitrogens with zero attached hydrogens (tertiary/aromatic N) is 2. The summed E-state index contributed by atoms with van der Waals surface area (Å²) in [5, 5.41) is 12.9. The summed E-state index contributed by atoms with van der Waals surface area (Å²) < 4.78 is 6.41. The van der Waals surface area contributed by atoms with E-state index in [2.05, 4.69) is 31.2 Å². The lowest BCUT2D eigenvalue weighted by atomic mass is 9.72. The van der Waals surface area contributed by atoms with Gasteiger partial charge in [-0.05, 0) is 95.4 Å². The molecule has 2 aromatic carbocycles. The SMILES string of the molecule is CCC[C@H](NC(=O)N1C(=O)C(CC)(CC)[C@@H]1Oc1ccc(C(=O)O)c(CCCCCCN(C)C)c1)c1ccc(C)cc1. The van der Waals surface area contributed by atoms with E-state index in [4.69, 9.17) is 4.74 Å². The lowest BCUT2D eigenvalue weighted by molar-refractivity contribution is -0.191. The molecular formula is C34H49N3O5. The lowest BCUT2D eigenvalue weighted by Gasteiger charge is -2.53. The second kappa shape index (κ2) is 15.2. The third-order valence-electron chi connectivity index (χ3n) is 8.54. The summed E-state index contributed by atoms with van der Waals surface area (Å²) in [6.07, 6.45) is 6.58. The number of urea groups is 1. The molecule has 42 heavy (non-hydrogen) atoms. The van der Waals surface area contributed by atoms with Crippen molar-refractivity contribution in [3.63, 3.8) is 0 Å². The maximum atomic E-state index is 13.6. The number of hydrogen-bond donors (Lipinski definition) is 2. The summed E-state index contributed by atoms with van der Waals surface area (Å²) in [5.74, 6) is -0.749. The Balaban J connectivity index is 1.80. The maximum absolute atomic E-state index is 13.6. The van der Waals surface area contributed by atoms with Crippen molar-refractivity contribution in [3.8, 4) is 5.75 Å². The van der Waals surface area contributed by atoms with Crippen LogP contribution in [0.15, 0.2) is 42.5 Å². The normalized spacial score (nSPS) is 16.7. The highest BCUT2D eigenvalue weighted by atomic mass is 16.5. The minimum Gasteiger partial charge on any atom is -0.478 e. The van der Waals surface area contributed by atoms with Gasteiger partial charge in [-0.1, -0.05) is 69.9 Å². The molecule has 3 amide bonds. The van der Waals surface area contributed by atoms with Crippen molar-refractivity contribution in [1.29, 1.82) is 0 Å². The first-order valence-electron chi connectivity index (χ1n) is 15.5. The Kier molecular flexibility index (Phi) is 12.0. The zero-order valence-electron chi connectivity index (χ0n) is 26.2. The number of hydrogen-bond acceptors (Lipinski definition) is 5. The van der Waals surface area contributed by atoms with Gasteiger partial charge in [-0.15, -0.1) is 0 Å². The summed E-state index contributed by atoms with van der Waals surface area (Å²) in [7, 11) is 4.12. The molecular weight excluding hydrogens is 530 g/mol. The van der Waals surface area contributed by atoms with Gasteiger partial charge < -0.3 is 20.1 Å². The molecule has 2 aromatic rings. The Hall–Kier alpha value is -3.39. The van der Waals surface area contributed by atoms with Crippen molar-refractivity contribution >= 4 is 17.9 Å². The first kappa shape index (κ1) is 33.1. The molecule has 1 aliphatic heterocycles. The predicted molar refractivity (Wildman–Crippen MR) is 166 cm³/mol. The van der Waals surface area contributed by atoms with Crippen LogP contribution >= 0.6 is 0 Å². The molecule has 0 radical (unpaired) electrons. The number of nitrogens with one attached hydrogen (secondary N) is 1. The van der Waals surface area contributed by atoms with Crippen LogP contribution in [-0.2, 0) is 11.2 Å². The number of benzene rings is 2. The molecule has 8 heteroatoms. The minimum absolute atomic E-state index is 0.228. The van der Waals surface area contributed by atoms with E-state index in [0.717, 1.165) is 56.2 Å². The first-order valence-corrected chi connectivity index (χ1v) is 15.5. The van der Waals surface area contributed by atoms with Crippen molar-refractivity contribution in [2.45, 2.75) is 97.8 Å². The maximum Gasteiger partial charge on any atom is 0.335 e. The summed E-state index contributed by atoms with van der Waals surface area (Å²) in [6, 6.07) is 12.3. The second-order valence-corrected chi connectivity index (χ2v) is 11.8. The fourth-order valence-corrected chi connectivity index (χ4v) is 5.81. The van der Waals surface area contributed by atoms with Crippen LogP contribution in [0, 0.1) is 12.3 Å². The third kappa shape index (κ3) is 7.71. The minimum atomic E-state index is -0.974. The molecule has 0 unspecified atom stereocenters. The number of amides is 3. The van der Waals surface area contributed by atoms with Crippen molar-refractivity contribution < 1.29 is 24.2 Å². The Morgan fingerprint density at radius 3 is 2.29 bits per heavy atom. The van der Waals surface area contributed by atoms with E-state index in [-0.39, 0.29) is 17.5 Å². The van der Waals surface area contributed by atoms with Gasteiger partial charge in [0.05, 0.1) is 11.6 Å². The standard InChI is InChI=1S/C34H49N3O5/c1-7-14-29(25-18-16-24(4)17-19-25)35-33(41)37-31(40)34(8-2,9-3)32(37)42-27-20-21-28(30(38)39)26(23-27)15-12-10-11-13-22-36(5)6/h16-21,23,29,32H,7-15,22H2,1-6H3,(H,35,41)(H,38,39)/t29-,32-/m0/s1. The zero-order chi connectivity index (χ0) is 30.9. The van der Waals surface area contributed by atoms with Crippen LogP contribution in [0.5, 0.6) is 5.75 Å². The fourth-order valence-electron chi connectivity index (χ4n) is 5.81. The molecule has 8 nitrogen and oxygen atoms in total. The number of aromatic carboxylic acids is 1. The Bertz CT molecular complexity index is 1210. The number of likely N-dealkylation sites (tertiary alicyclic amines) is 1. The van der Waals surface area contributed by atoms with E-state index < -0.39 is 23.6 Å².